The molecule has 2 nitrogen and oxygen atoms in total. The molecular formula is C15H19NO. The third kappa shape index (κ3) is 1.76. The number of fused-ring (bicyclic) bond motifs is 3. The molecule has 0 aliphatic heterocycles. The molecule has 3 rings (SSSR count). The van der Waals surface area contributed by atoms with E-state index in [1.165, 1.54) is 17.5 Å². The Hall–Kier alpha value is -1.31. The first-order valence-corrected chi connectivity index (χ1v) is 6.56. The summed E-state index contributed by atoms with van der Waals surface area (Å²) in [6.45, 7) is 4.05. The van der Waals surface area contributed by atoms with Crippen molar-refractivity contribution in [3.05, 3.63) is 35.4 Å². The van der Waals surface area contributed by atoms with E-state index in [0.29, 0.717) is 11.8 Å². The molecule has 0 heterocycles. The van der Waals surface area contributed by atoms with Gasteiger partial charge in [-0.15, -0.1) is 0 Å². The number of amides is 1. The Bertz CT molecular complexity index is 452. The van der Waals surface area contributed by atoms with Crippen molar-refractivity contribution in [2.75, 3.05) is 0 Å². The summed E-state index contributed by atoms with van der Waals surface area (Å²) in [4.78, 5) is 12.1. The van der Waals surface area contributed by atoms with Gasteiger partial charge in [0.05, 0.1) is 0 Å². The van der Waals surface area contributed by atoms with E-state index in [9.17, 15) is 4.79 Å². The fraction of sp³-hybridized carbons (Fsp3) is 0.533. The van der Waals surface area contributed by atoms with Gasteiger partial charge >= 0.3 is 0 Å². The lowest BCUT2D eigenvalue weighted by atomic mass is 9.92. The molecule has 1 N–H and O–H groups in total. The van der Waals surface area contributed by atoms with Crippen LogP contribution in [0.4, 0.5) is 0 Å². The molecule has 1 amide bonds. The largest absolute Gasteiger partial charge is 0.354 e. The molecule has 0 saturated heterocycles. The standard InChI is InChI=1S/C15H19NO/c1-9(2)16-15(17)14-12-8-7-10-5-3-4-6-11(10)13(12)14/h3-6,9,12-14H,7-8H2,1-2H3,(H,16,17). The van der Waals surface area contributed by atoms with Crippen LogP contribution in [0.15, 0.2) is 24.3 Å². The fourth-order valence-corrected chi connectivity index (χ4v) is 3.30. The highest BCUT2D eigenvalue weighted by Crippen LogP contribution is 2.59. The van der Waals surface area contributed by atoms with Gasteiger partial charge in [-0.1, -0.05) is 24.3 Å². The van der Waals surface area contributed by atoms with Crippen molar-refractivity contribution in [3.8, 4) is 0 Å². The molecular weight excluding hydrogens is 210 g/mol. The summed E-state index contributed by atoms with van der Waals surface area (Å²) in [6, 6.07) is 8.86. The van der Waals surface area contributed by atoms with E-state index >= 15 is 0 Å². The smallest absolute Gasteiger partial charge is 0.224 e. The number of hydrogen-bond donors (Lipinski definition) is 1. The molecule has 0 radical (unpaired) electrons. The van der Waals surface area contributed by atoms with Crippen LogP contribution in [0.1, 0.15) is 37.3 Å². The van der Waals surface area contributed by atoms with Crippen LogP contribution in [-0.4, -0.2) is 11.9 Å². The topological polar surface area (TPSA) is 29.1 Å². The van der Waals surface area contributed by atoms with Crippen molar-refractivity contribution >= 4 is 5.91 Å². The van der Waals surface area contributed by atoms with Crippen molar-refractivity contribution in [3.63, 3.8) is 0 Å². The summed E-state index contributed by atoms with van der Waals surface area (Å²) in [6.07, 6.45) is 2.32. The summed E-state index contributed by atoms with van der Waals surface area (Å²) in [5, 5.41) is 3.05. The molecule has 0 bridgehead atoms. The summed E-state index contributed by atoms with van der Waals surface area (Å²) in [5.74, 6) is 1.59. The average Bonchev–Trinajstić information content (AvgIpc) is 3.02. The highest BCUT2D eigenvalue weighted by molar-refractivity contribution is 5.84. The lowest BCUT2D eigenvalue weighted by molar-refractivity contribution is -0.123. The van der Waals surface area contributed by atoms with Gasteiger partial charge < -0.3 is 5.32 Å². The fourth-order valence-electron chi connectivity index (χ4n) is 3.30. The molecule has 2 aliphatic carbocycles. The number of carbonyl (C=O) groups is 1. The van der Waals surface area contributed by atoms with Crippen molar-refractivity contribution in [1.82, 2.24) is 5.32 Å². The van der Waals surface area contributed by atoms with Gasteiger partial charge in [-0.2, -0.15) is 0 Å². The van der Waals surface area contributed by atoms with Crippen LogP contribution in [0.2, 0.25) is 0 Å². The number of aryl methyl sites for hydroxylation is 1. The van der Waals surface area contributed by atoms with Crippen LogP contribution in [0.3, 0.4) is 0 Å². The van der Waals surface area contributed by atoms with E-state index in [4.69, 9.17) is 0 Å². The monoisotopic (exact) mass is 229 g/mol. The average molecular weight is 229 g/mol. The highest BCUT2D eigenvalue weighted by atomic mass is 16.2. The van der Waals surface area contributed by atoms with Crippen molar-refractivity contribution in [1.29, 1.82) is 0 Å². The lowest BCUT2D eigenvalue weighted by Crippen LogP contribution is -2.32. The predicted molar refractivity (Wildman–Crippen MR) is 67.8 cm³/mol. The summed E-state index contributed by atoms with van der Waals surface area (Å²) in [7, 11) is 0. The Labute approximate surface area is 102 Å². The zero-order chi connectivity index (χ0) is 12.0. The second-order valence-electron chi connectivity index (χ2n) is 5.62. The van der Waals surface area contributed by atoms with Gasteiger partial charge in [-0.3, -0.25) is 4.79 Å². The first kappa shape index (κ1) is 10.8. The number of benzene rings is 1. The van der Waals surface area contributed by atoms with E-state index in [0.717, 1.165) is 6.42 Å². The number of hydrogen-bond acceptors (Lipinski definition) is 1. The van der Waals surface area contributed by atoms with Crippen molar-refractivity contribution in [2.24, 2.45) is 11.8 Å². The van der Waals surface area contributed by atoms with Crippen LogP contribution in [-0.2, 0) is 11.2 Å². The maximum absolute atomic E-state index is 12.1. The Morgan fingerprint density at radius 1 is 1.35 bits per heavy atom. The maximum atomic E-state index is 12.1. The molecule has 1 aromatic rings. The van der Waals surface area contributed by atoms with Gasteiger partial charge in [-0.05, 0) is 49.7 Å². The summed E-state index contributed by atoms with van der Waals surface area (Å²) >= 11 is 0. The number of rotatable bonds is 2. The first-order chi connectivity index (χ1) is 8.18. The molecule has 0 aromatic heterocycles. The first-order valence-electron chi connectivity index (χ1n) is 6.56. The maximum Gasteiger partial charge on any atom is 0.224 e. The van der Waals surface area contributed by atoms with Gasteiger partial charge in [0.15, 0.2) is 0 Å². The van der Waals surface area contributed by atoms with Crippen LogP contribution in [0.5, 0.6) is 0 Å². The second-order valence-corrected chi connectivity index (χ2v) is 5.62. The normalized spacial score (nSPS) is 29.5. The minimum absolute atomic E-state index is 0.237. The van der Waals surface area contributed by atoms with E-state index in [-0.39, 0.29) is 17.9 Å². The van der Waals surface area contributed by atoms with Gasteiger partial charge in [0.2, 0.25) is 5.91 Å². The lowest BCUT2D eigenvalue weighted by Gasteiger charge is -2.13. The molecule has 3 atom stereocenters. The molecule has 1 saturated carbocycles. The Morgan fingerprint density at radius 2 is 2.12 bits per heavy atom. The van der Waals surface area contributed by atoms with Gasteiger partial charge in [0.25, 0.3) is 0 Å². The van der Waals surface area contributed by atoms with Gasteiger partial charge in [-0.25, -0.2) is 0 Å². The minimum atomic E-state index is 0.237. The molecule has 1 aromatic carbocycles. The van der Waals surface area contributed by atoms with Gasteiger partial charge in [0, 0.05) is 12.0 Å². The summed E-state index contributed by atoms with van der Waals surface area (Å²) < 4.78 is 0. The van der Waals surface area contributed by atoms with E-state index in [2.05, 4.69) is 29.6 Å². The van der Waals surface area contributed by atoms with Crippen LogP contribution in [0, 0.1) is 11.8 Å². The summed E-state index contributed by atoms with van der Waals surface area (Å²) in [5.41, 5.74) is 2.88. The zero-order valence-electron chi connectivity index (χ0n) is 10.4. The van der Waals surface area contributed by atoms with E-state index < -0.39 is 0 Å². The van der Waals surface area contributed by atoms with Crippen LogP contribution < -0.4 is 5.32 Å². The van der Waals surface area contributed by atoms with E-state index in [1.54, 1.807) is 0 Å². The minimum Gasteiger partial charge on any atom is -0.354 e. The molecule has 1 fully saturated rings. The molecule has 0 spiro atoms. The SMILES string of the molecule is CC(C)NC(=O)C1C2CCc3ccccc3C21. The molecule has 2 heteroatoms. The second kappa shape index (κ2) is 3.86. The van der Waals surface area contributed by atoms with Crippen molar-refractivity contribution in [2.45, 2.75) is 38.6 Å². The molecule has 2 aliphatic rings. The molecule has 3 unspecified atom stereocenters. The molecule has 17 heavy (non-hydrogen) atoms. The third-order valence-electron chi connectivity index (χ3n) is 4.06. The van der Waals surface area contributed by atoms with Crippen LogP contribution >= 0.6 is 0 Å². The van der Waals surface area contributed by atoms with E-state index in [1.807, 2.05) is 13.8 Å². The number of nitrogens with one attached hydrogen (secondary N) is 1. The zero-order valence-corrected chi connectivity index (χ0v) is 10.4. The molecule has 90 valence electrons. The Balaban J connectivity index is 1.80. The predicted octanol–water partition coefficient (Wildman–Crippen LogP) is 2.49. The third-order valence-corrected chi connectivity index (χ3v) is 4.06. The quantitative estimate of drug-likeness (QED) is 0.829. The highest BCUT2D eigenvalue weighted by Gasteiger charge is 2.56. The van der Waals surface area contributed by atoms with Crippen LogP contribution in [0.25, 0.3) is 0 Å². The van der Waals surface area contributed by atoms with Crippen molar-refractivity contribution < 1.29 is 4.79 Å². The number of carbonyl (C=O) groups excluding carboxylic acids is 1. The van der Waals surface area contributed by atoms with Gasteiger partial charge in [0.1, 0.15) is 0 Å². The Kier molecular flexibility index (Phi) is 2.46. The Morgan fingerprint density at radius 3 is 2.88 bits per heavy atom.